The highest BCUT2D eigenvalue weighted by atomic mass is 16.8. The lowest BCUT2D eigenvalue weighted by molar-refractivity contribution is -0.382. The molecule has 5 saturated heterocycles. The average Bonchev–Trinajstić information content (AvgIpc) is 3.25. The minimum Gasteiger partial charge on any atom is -0.394 e. The number of rotatable bonds is 16. The first kappa shape index (κ1) is 52.0. The maximum absolute atomic E-state index is 12.6. The molecule has 5 aliphatic rings. The van der Waals surface area contributed by atoms with E-state index in [9.17, 15) is 81.1 Å². The zero-order chi connectivity index (χ0) is 46.6. The Hall–Kier alpha value is -2.02. The van der Waals surface area contributed by atoms with Gasteiger partial charge in [-0.2, -0.15) is 0 Å². The minimum atomic E-state index is -2.11. The minimum absolute atomic E-state index is 0.618. The molecule has 5 aliphatic heterocycles. The third-order valence-electron chi connectivity index (χ3n) is 11.4. The SMILES string of the molecule is CO[C@H]1[C@H](O)[C@@H](CO)O[C@@H](O[C@H]2[C@H](O)[C@H](O)[C@H](O[C@H]3[C@H](O)[C@@H](CO)O[C@@H](O[C@H]4[C@H](O)[C@H](O)[C@H](O[C@H]5[C@H](O)[C@H](O)[C@H](O)O[C@@H]5CO)O[C@@H]4CO)[C@@H]3NC(C)=O)O[C@@H]2CO)[C@@H]1NC(C)=O. The number of hydrogen-bond acceptors (Lipinski definition) is 26. The molecule has 0 aliphatic carbocycles. The van der Waals surface area contributed by atoms with Gasteiger partial charge >= 0.3 is 0 Å². The summed E-state index contributed by atoms with van der Waals surface area (Å²) in [4.78, 5) is 24.7. The van der Waals surface area contributed by atoms with Crippen molar-refractivity contribution in [1.82, 2.24) is 10.6 Å². The lowest BCUT2D eigenvalue weighted by atomic mass is 9.94. The van der Waals surface area contributed by atoms with E-state index in [2.05, 4.69) is 10.6 Å². The average molecular weight is 925 g/mol. The lowest BCUT2D eigenvalue weighted by Gasteiger charge is -2.50. The van der Waals surface area contributed by atoms with Crippen LogP contribution < -0.4 is 10.6 Å². The van der Waals surface area contributed by atoms with E-state index >= 15 is 0 Å². The van der Waals surface area contributed by atoms with Gasteiger partial charge in [-0.3, -0.25) is 9.59 Å². The van der Waals surface area contributed by atoms with Crippen LogP contribution in [0.4, 0.5) is 0 Å². The molecule has 0 bridgehead atoms. The topological polar surface area (TPSA) is 434 Å². The van der Waals surface area contributed by atoms with Crippen LogP contribution >= 0.6 is 0 Å². The summed E-state index contributed by atoms with van der Waals surface area (Å²) in [5, 5.41) is 153. The van der Waals surface area contributed by atoms with Gasteiger partial charge in [0.1, 0.15) is 122 Å². The molecular weight excluding hydrogens is 864 g/mol. The van der Waals surface area contributed by atoms with E-state index in [0.717, 1.165) is 13.8 Å². The first-order valence-electron chi connectivity index (χ1n) is 20.0. The van der Waals surface area contributed by atoms with E-state index in [0.29, 0.717) is 0 Å². The number of amides is 2. The van der Waals surface area contributed by atoms with E-state index < -0.39 is 198 Å². The van der Waals surface area contributed by atoms with Crippen molar-refractivity contribution in [3.05, 3.63) is 0 Å². The van der Waals surface area contributed by atoms with Gasteiger partial charge in [-0.1, -0.05) is 0 Å². The molecular formula is C35H60N2O26. The Kier molecular flexibility index (Phi) is 18.7. The Bertz CT molecular complexity index is 1450. The van der Waals surface area contributed by atoms with Crippen molar-refractivity contribution in [3.8, 4) is 0 Å². The molecule has 5 rings (SSSR count). The van der Waals surface area contributed by atoms with Crippen LogP contribution in [0, 0.1) is 0 Å². The van der Waals surface area contributed by atoms with Gasteiger partial charge < -0.3 is 129 Å². The molecule has 5 heterocycles. The molecule has 16 N–H and O–H groups in total. The van der Waals surface area contributed by atoms with Crippen LogP contribution in [0.1, 0.15) is 13.8 Å². The number of carbonyl (C=O) groups is 2. The van der Waals surface area contributed by atoms with Crippen LogP contribution in [0.2, 0.25) is 0 Å². The fraction of sp³-hybridized carbons (Fsp3) is 0.943. The molecule has 2 amide bonds. The molecule has 5 fully saturated rings. The molecule has 0 aromatic heterocycles. The van der Waals surface area contributed by atoms with Crippen molar-refractivity contribution in [1.29, 1.82) is 0 Å². The Morgan fingerprint density at radius 2 is 0.730 bits per heavy atom. The van der Waals surface area contributed by atoms with Crippen LogP contribution in [0.15, 0.2) is 0 Å². The van der Waals surface area contributed by atoms with Gasteiger partial charge in [0.05, 0.1) is 33.0 Å². The second-order valence-electron chi connectivity index (χ2n) is 15.6. The second kappa shape index (κ2) is 22.6. The molecule has 28 nitrogen and oxygen atoms in total. The highest BCUT2D eigenvalue weighted by Crippen LogP contribution is 2.36. The zero-order valence-electron chi connectivity index (χ0n) is 34.1. The van der Waals surface area contributed by atoms with Gasteiger partial charge in [0, 0.05) is 21.0 Å². The Balaban J connectivity index is 1.35. The molecule has 0 saturated carbocycles. The Morgan fingerprint density at radius 3 is 1.11 bits per heavy atom. The molecule has 0 radical (unpaired) electrons. The van der Waals surface area contributed by atoms with Crippen molar-refractivity contribution in [2.75, 3.05) is 40.1 Å². The van der Waals surface area contributed by atoms with Crippen molar-refractivity contribution in [2.24, 2.45) is 0 Å². The van der Waals surface area contributed by atoms with Crippen LogP contribution in [0.25, 0.3) is 0 Å². The lowest BCUT2D eigenvalue weighted by Crippen LogP contribution is -2.70. The standard InChI is InChI=1S/C35H60N2O26/c1-9(43)36-16-29(54-3)18(45)11(4-38)56-32(16)60-27-15(8-42)59-35(25(52)22(27)49)63-30-17(37-10(2)44)33(57-12(5-39)19(30)46)61-28-14(7-41)58-34(24(51)21(28)48)62-26-13(6-40)55-31(53)23(50)20(26)47/h11-35,38-42,45-53H,4-8H2,1-3H3,(H,36,43)(H,37,44)/t11-,12-,13-,14-,15-,16-,17-,18-,19-,20-,21-,22-,23+,24+,25+,26-,27-,28-,29-,30-,31-,32+,33+,34+,35+/m1/s1. The fourth-order valence-electron chi connectivity index (χ4n) is 8.11. The van der Waals surface area contributed by atoms with E-state index in [-0.39, 0.29) is 0 Å². The Labute approximate surface area is 358 Å². The van der Waals surface area contributed by atoms with E-state index in [1.807, 2.05) is 0 Å². The summed E-state index contributed by atoms with van der Waals surface area (Å²) in [6.45, 7) is -2.27. The van der Waals surface area contributed by atoms with Crippen molar-refractivity contribution < 1.29 is 128 Å². The predicted octanol–water partition coefficient (Wildman–Crippen LogP) is -11.0. The molecule has 366 valence electrons. The van der Waals surface area contributed by atoms with Crippen molar-refractivity contribution in [3.63, 3.8) is 0 Å². The summed E-state index contributed by atoms with van der Waals surface area (Å²) in [5.41, 5.74) is 0. The summed E-state index contributed by atoms with van der Waals surface area (Å²) < 4.78 is 56.6. The number of aliphatic hydroxyl groups is 14. The van der Waals surface area contributed by atoms with Gasteiger partial charge in [-0.25, -0.2) is 0 Å². The summed E-state index contributed by atoms with van der Waals surface area (Å²) >= 11 is 0. The van der Waals surface area contributed by atoms with Gasteiger partial charge in [-0.15, -0.1) is 0 Å². The van der Waals surface area contributed by atoms with E-state index in [4.69, 9.17) is 47.4 Å². The smallest absolute Gasteiger partial charge is 0.217 e. The molecule has 28 heteroatoms. The molecule has 0 unspecified atom stereocenters. The number of nitrogens with one attached hydrogen (secondary N) is 2. The number of hydrogen-bond donors (Lipinski definition) is 16. The van der Waals surface area contributed by atoms with Gasteiger partial charge in [0.15, 0.2) is 31.5 Å². The number of methoxy groups -OCH3 is 1. The first-order valence-corrected chi connectivity index (χ1v) is 20.0. The molecule has 0 spiro atoms. The van der Waals surface area contributed by atoms with Crippen LogP contribution in [0.3, 0.4) is 0 Å². The van der Waals surface area contributed by atoms with Crippen LogP contribution in [0.5, 0.6) is 0 Å². The summed E-state index contributed by atoms with van der Waals surface area (Å²) in [6.07, 6.45) is -40.6. The molecule has 0 aromatic rings. The van der Waals surface area contributed by atoms with Gasteiger partial charge in [-0.05, 0) is 0 Å². The van der Waals surface area contributed by atoms with Gasteiger partial charge in [0.2, 0.25) is 11.8 Å². The van der Waals surface area contributed by atoms with Gasteiger partial charge in [0.25, 0.3) is 0 Å². The third-order valence-corrected chi connectivity index (χ3v) is 11.4. The van der Waals surface area contributed by atoms with Crippen molar-refractivity contribution in [2.45, 2.75) is 167 Å². The van der Waals surface area contributed by atoms with Crippen LogP contribution in [-0.2, 0) is 57.0 Å². The number of aliphatic hydroxyl groups excluding tert-OH is 14. The quantitative estimate of drug-likeness (QED) is 0.0683. The maximum Gasteiger partial charge on any atom is 0.217 e. The molecule has 0 aromatic carbocycles. The fourth-order valence-corrected chi connectivity index (χ4v) is 8.11. The summed E-state index contributed by atoms with van der Waals surface area (Å²) in [5.74, 6) is -1.42. The Morgan fingerprint density at radius 1 is 0.413 bits per heavy atom. The second-order valence-corrected chi connectivity index (χ2v) is 15.6. The van der Waals surface area contributed by atoms with E-state index in [1.54, 1.807) is 0 Å². The maximum atomic E-state index is 12.6. The number of carbonyl (C=O) groups excluding carboxylic acids is 2. The summed E-state index contributed by atoms with van der Waals surface area (Å²) in [7, 11) is 1.21. The number of ether oxygens (including phenoxy) is 10. The summed E-state index contributed by atoms with van der Waals surface area (Å²) in [6, 6.07) is -2.95. The zero-order valence-corrected chi connectivity index (χ0v) is 34.1. The first-order chi connectivity index (χ1) is 29.8. The molecule has 63 heavy (non-hydrogen) atoms. The molecule has 25 atom stereocenters. The highest BCUT2D eigenvalue weighted by Gasteiger charge is 2.57. The largest absolute Gasteiger partial charge is 0.394 e. The monoisotopic (exact) mass is 924 g/mol. The highest BCUT2D eigenvalue weighted by molar-refractivity contribution is 5.73. The predicted molar refractivity (Wildman–Crippen MR) is 195 cm³/mol. The third kappa shape index (κ3) is 11.2. The van der Waals surface area contributed by atoms with Crippen LogP contribution in [-0.4, -0.2) is 277 Å². The normalized spacial score (nSPS) is 48.4. The van der Waals surface area contributed by atoms with Crippen molar-refractivity contribution >= 4 is 11.8 Å². The van der Waals surface area contributed by atoms with E-state index in [1.165, 1.54) is 7.11 Å².